The highest BCUT2D eigenvalue weighted by Gasteiger charge is 2.39. The third-order valence-electron chi connectivity index (χ3n) is 5.81. The second kappa shape index (κ2) is 6.54. The lowest BCUT2D eigenvalue weighted by atomic mass is 9.93. The van der Waals surface area contributed by atoms with Gasteiger partial charge in [-0.25, -0.2) is 0 Å². The minimum atomic E-state index is -0.945. The number of H-pyrrole nitrogens is 1. The van der Waals surface area contributed by atoms with E-state index in [1.54, 1.807) is 4.90 Å². The number of fused-ring (bicyclic) bond motifs is 1. The van der Waals surface area contributed by atoms with E-state index in [1.165, 1.54) is 11.1 Å². The molecule has 0 bridgehead atoms. The van der Waals surface area contributed by atoms with E-state index in [0.29, 0.717) is 25.9 Å². The van der Waals surface area contributed by atoms with Crippen molar-refractivity contribution in [2.75, 3.05) is 13.1 Å². The van der Waals surface area contributed by atoms with Crippen LogP contribution in [0.15, 0.2) is 42.5 Å². The van der Waals surface area contributed by atoms with Crippen LogP contribution in [0.3, 0.4) is 0 Å². The van der Waals surface area contributed by atoms with Crippen LogP contribution in [0.2, 0.25) is 0 Å². The number of hydrogen-bond donors (Lipinski definition) is 2. The molecule has 4 nitrogen and oxygen atoms in total. The molecule has 0 saturated carbocycles. The fraction of sp³-hybridized carbons (Fsp3) is 0.348. The predicted octanol–water partition coefficient (Wildman–Crippen LogP) is 3.76. The molecule has 0 aliphatic carbocycles. The topological polar surface area (TPSA) is 56.3 Å². The molecule has 3 aromatic rings. The highest BCUT2D eigenvalue weighted by atomic mass is 16.3. The average Bonchev–Trinajstić information content (AvgIpc) is 3.19. The Labute approximate surface area is 159 Å². The first-order valence-corrected chi connectivity index (χ1v) is 9.51. The maximum absolute atomic E-state index is 13.0. The van der Waals surface area contributed by atoms with Crippen LogP contribution >= 0.6 is 0 Å². The number of aryl methyl sites for hydroxylation is 3. The smallest absolute Gasteiger partial charge is 0.227 e. The zero-order chi connectivity index (χ0) is 19.2. The van der Waals surface area contributed by atoms with Crippen molar-refractivity contribution in [2.45, 2.75) is 39.2 Å². The van der Waals surface area contributed by atoms with Crippen molar-refractivity contribution < 1.29 is 9.90 Å². The molecule has 1 aliphatic heterocycles. The van der Waals surface area contributed by atoms with Gasteiger partial charge in [0.25, 0.3) is 0 Å². The molecular weight excluding hydrogens is 336 g/mol. The van der Waals surface area contributed by atoms with Gasteiger partial charge in [-0.15, -0.1) is 0 Å². The molecule has 1 aliphatic rings. The van der Waals surface area contributed by atoms with Gasteiger partial charge >= 0.3 is 0 Å². The Balaban J connectivity index is 1.57. The van der Waals surface area contributed by atoms with Gasteiger partial charge in [0.2, 0.25) is 5.91 Å². The Morgan fingerprint density at radius 1 is 1.19 bits per heavy atom. The number of benzene rings is 2. The van der Waals surface area contributed by atoms with E-state index in [0.717, 1.165) is 27.7 Å². The first kappa shape index (κ1) is 17.8. The van der Waals surface area contributed by atoms with Gasteiger partial charge in [0.1, 0.15) is 5.60 Å². The summed E-state index contributed by atoms with van der Waals surface area (Å²) in [6.45, 7) is 7.15. The summed E-state index contributed by atoms with van der Waals surface area (Å²) in [5, 5.41) is 12.1. The Morgan fingerprint density at radius 2 is 1.93 bits per heavy atom. The number of carbonyl (C=O) groups is 1. The fourth-order valence-corrected chi connectivity index (χ4v) is 4.32. The molecule has 2 aromatic carbocycles. The van der Waals surface area contributed by atoms with E-state index in [2.05, 4.69) is 31.0 Å². The van der Waals surface area contributed by atoms with E-state index in [-0.39, 0.29) is 5.91 Å². The molecule has 1 amide bonds. The zero-order valence-corrected chi connectivity index (χ0v) is 16.2. The Bertz CT molecular complexity index is 1010. The van der Waals surface area contributed by atoms with Gasteiger partial charge in [-0.1, -0.05) is 42.0 Å². The highest BCUT2D eigenvalue weighted by Crippen LogP contribution is 2.33. The second-order valence-electron chi connectivity index (χ2n) is 7.87. The maximum atomic E-state index is 13.0. The summed E-state index contributed by atoms with van der Waals surface area (Å²) in [5.41, 5.74) is 5.57. The second-order valence-corrected chi connectivity index (χ2v) is 7.87. The van der Waals surface area contributed by atoms with Crippen molar-refractivity contribution >= 4 is 16.8 Å². The molecule has 1 aromatic heterocycles. The molecule has 4 rings (SSSR count). The molecule has 27 heavy (non-hydrogen) atoms. The normalized spacial score (nSPS) is 19.8. The minimum absolute atomic E-state index is 0.0741. The summed E-state index contributed by atoms with van der Waals surface area (Å²) in [6.07, 6.45) is 0.938. The molecule has 2 N–H and O–H groups in total. The van der Waals surface area contributed by atoms with Crippen molar-refractivity contribution in [2.24, 2.45) is 0 Å². The van der Waals surface area contributed by atoms with E-state index in [1.807, 2.05) is 37.3 Å². The van der Waals surface area contributed by atoms with Crippen LogP contribution in [-0.4, -0.2) is 34.0 Å². The first-order chi connectivity index (χ1) is 12.9. The number of nitrogens with zero attached hydrogens (tertiary/aromatic N) is 1. The highest BCUT2D eigenvalue weighted by molar-refractivity contribution is 5.92. The van der Waals surface area contributed by atoms with Gasteiger partial charge in [-0.05, 0) is 49.9 Å². The maximum Gasteiger partial charge on any atom is 0.227 e. The standard InChI is InChI=1S/C23H26N2O2/c1-15-11-16(2)22-20(12-15)19(17(3)24-22)13-21(26)25-10-9-23(27,14-25)18-7-5-4-6-8-18/h4-8,11-12,24,27H,9-10,13-14H2,1-3H3/t23-/m0/s1. The van der Waals surface area contributed by atoms with Crippen LogP contribution in [0.4, 0.5) is 0 Å². The third kappa shape index (κ3) is 3.15. The van der Waals surface area contributed by atoms with Gasteiger partial charge in [0.15, 0.2) is 0 Å². The summed E-state index contributed by atoms with van der Waals surface area (Å²) in [7, 11) is 0. The molecule has 140 valence electrons. The number of aromatic amines is 1. The van der Waals surface area contributed by atoms with E-state index in [4.69, 9.17) is 0 Å². The van der Waals surface area contributed by atoms with E-state index < -0.39 is 5.60 Å². The van der Waals surface area contributed by atoms with Gasteiger partial charge in [0, 0.05) is 23.1 Å². The van der Waals surface area contributed by atoms with Crippen LogP contribution in [0.1, 0.15) is 34.4 Å². The lowest BCUT2D eigenvalue weighted by molar-refractivity contribution is -0.130. The number of amides is 1. The number of aliphatic hydroxyl groups is 1. The molecule has 1 fully saturated rings. The summed E-state index contributed by atoms with van der Waals surface area (Å²) >= 11 is 0. The third-order valence-corrected chi connectivity index (χ3v) is 5.81. The van der Waals surface area contributed by atoms with Crippen LogP contribution in [0.25, 0.3) is 10.9 Å². The summed E-state index contributed by atoms with van der Waals surface area (Å²) in [6, 6.07) is 14.0. The molecule has 0 radical (unpaired) electrons. The number of rotatable bonds is 3. The first-order valence-electron chi connectivity index (χ1n) is 9.51. The van der Waals surface area contributed by atoms with Crippen LogP contribution in [-0.2, 0) is 16.8 Å². The van der Waals surface area contributed by atoms with Crippen molar-refractivity contribution in [1.82, 2.24) is 9.88 Å². The summed E-state index contributed by atoms with van der Waals surface area (Å²) in [4.78, 5) is 18.2. The molecule has 2 heterocycles. The molecule has 0 spiro atoms. The van der Waals surface area contributed by atoms with Gasteiger partial charge in [-0.3, -0.25) is 4.79 Å². The Hall–Kier alpha value is -2.59. The lowest BCUT2D eigenvalue weighted by Crippen LogP contribution is -2.35. The average molecular weight is 362 g/mol. The predicted molar refractivity (Wildman–Crippen MR) is 108 cm³/mol. The minimum Gasteiger partial charge on any atom is -0.383 e. The van der Waals surface area contributed by atoms with E-state index >= 15 is 0 Å². The number of likely N-dealkylation sites (tertiary alicyclic amines) is 1. The molecular formula is C23H26N2O2. The number of aromatic nitrogens is 1. The largest absolute Gasteiger partial charge is 0.383 e. The van der Waals surface area contributed by atoms with E-state index in [9.17, 15) is 9.90 Å². The van der Waals surface area contributed by atoms with Crippen molar-refractivity contribution in [3.8, 4) is 0 Å². The van der Waals surface area contributed by atoms with Crippen LogP contribution in [0.5, 0.6) is 0 Å². The van der Waals surface area contributed by atoms with Crippen molar-refractivity contribution in [3.05, 3.63) is 70.4 Å². The van der Waals surface area contributed by atoms with Gasteiger partial charge < -0.3 is 15.0 Å². The number of carbonyl (C=O) groups excluding carboxylic acids is 1. The van der Waals surface area contributed by atoms with Crippen molar-refractivity contribution in [3.63, 3.8) is 0 Å². The molecule has 1 saturated heterocycles. The molecule has 1 atom stereocenters. The zero-order valence-electron chi connectivity index (χ0n) is 16.2. The number of hydrogen-bond acceptors (Lipinski definition) is 2. The molecule has 0 unspecified atom stereocenters. The number of nitrogens with one attached hydrogen (secondary N) is 1. The SMILES string of the molecule is Cc1cc(C)c2[nH]c(C)c(CC(=O)N3CC[C@@](O)(c4ccccc4)C3)c2c1. The van der Waals surface area contributed by atoms with Crippen molar-refractivity contribution in [1.29, 1.82) is 0 Å². The van der Waals surface area contributed by atoms with Crippen LogP contribution in [0, 0.1) is 20.8 Å². The summed E-state index contributed by atoms with van der Waals surface area (Å²) in [5.74, 6) is 0.0741. The van der Waals surface area contributed by atoms with Gasteiger partial charge in [0.05, 0.1) is 13.0 Å². The fourth-order valence-electron chi connectivity index (χ4n) is 4.32. The lowest BCUT2D eigenvalue weighted by Gasteiger charge is -2.24. The quantitative estimate of drug-likeness (QED) is 0.745. The monoisotopic (exact) mass is 362 g/mol. The van der Waals surface area contributed by atoms with Crippen LogP contribution < -0.4 is 0 Å². The Morgan fingerprint density at radius 3 is 2.67 bits per heavy atom. The number of β-amino-alcohol motifs (C(OH)–C–C–N with tert-alkyl or cyclic N) is 1. The Kier molecular flexibility index (Phi) is 4.31. The van der Waals surface area contributed by atoms with Gasteiger partial charge in [-0.2, -0.15) is 0 Å². The molecule has 4 heteroatoms. The summed E-state index contributed by atoms with van der Waals surface area (Å²) < 4.78 is 0.